The van der Waals surface area contributed by atoms with E-state index in [1.54, 1.807) is 0 Å². The van der Waals surface area contributed by atoms with E-state index in [0.717, 1.165) is 31.2 Å². The summed E-state index contributed by atoms with van der Waals surface area (Å²) in [5.74, 6) is 1.03. The highest BCUT2D eigenvalue weighted by atomic mass is 19.1. The Morgan fingerprint density at radius 2 is 1.88 bits per heavy atom. The van der Waals surface area contributed by atoms with Crippen molar-refractivity contribution in [3.05, 3.63) is 36.2 Å². The maximum atomic E-state index is 13.6. The number of nitrogens with zero attached hydrogens (tertiary/aromatic N) is 2. The van der Waals surface area contributed by atoms with E-state index in [1.807, 2.05) is 30.3 Å². The fraction of sp³-hybridized carbons (Fsp3) is 0.600. The molecule has 2 aliphatic carbocycles. The van der Waals surface area contributed by atoms with Crippen LogP contribution in [0.5, 0.6) is 0 Å². The van der Waals surface area contributed by atoms with Crippen LogP contribution in [0.3, 0.4) is 0 Å². The minimum Gasteiger partial charge on any atom is -0.420 e. The molecular weight excluding hydrogens is 437 g/mol. The molecule has 5 rings (SSSR count). The van der Waals surface area contributed by atoms with Crippen LogP contribution in [-0.2, 0) is 9.59 Å². The van der Waals surface area contributed by atoms with Gasteiger partial charge < -0.3 is 15.1 Å². The number of carbonyl (C=O) groups excluding carboxylic acids is 2. The zero-order chi connectivity index (χ0) is 23.5. The molecule has 0 bridgehead atoms. The number of hydrogen-bond donors (Lipinski definition) is 3. The number of hydrogen-bond acceptors (Lipinski definition) is 6. The Hall–Kier alpha value is -2.81. The summed E-state index contributed by atoms with van der Waals surface area (Å²) in [7, 11) is 0. The summed E-state index contributed by atoms with van der Waals surface area (Å²) in [5, 5.41) is 17.9. The number of halogens is 1. The van der Waals surface area contributed by atoms with Gasteiger partial charge in [-0.25, -0.2) is 4.39 Å². The van der Waals surface area contributed by atoms with Crippen LogP contribution < -0.4 is 16.0 Å². The zero-order valence-corrected chi connectivity index (χ0v) is 19.2. The highest BCUT2D eigenvalue weighted by Crippen LogP contribution is 2.34. The third-order valence-corrected chi connectivity index (χ3v) is 7.42. The van der Waals surface area contributed by atoms with Gasteiger partial charge in [-0.3, -0.25) is 14.9 Å². The first-order valence-electron chi connectivity index (χ1n) is 12.4. The monoisotopic (exact) mass is 469 g/mol. The second kappa shape index (κ2) is 10.2. The number of nitrogens with one attached hydrogen (secondary N) is 3. The Kier molecular flexibility index (Phi) is 6.89. The van der Waals surface area contributed by atoms with E-state index in [1.165, 1.54) is 0 Å². The van der Waals surface area contributed by atoms with Crippen molar-refractivity contribution >= 4 is 11.8 Å². The number of amides is 2. The highest BCUT2D eigenvalue weighted by molar-refractivity contribution is 5.81. The molecule has 2 amide bonds. The van der Waals surface area contributed by atoms with Crippen molar-refractivity contribution in [1.82, 2.24) is 26.1 Å². The van der Waals surface area contributed by atoms with Crippen molar-refractivity contribution in [2.45, 2.75) is 88.1 Å². The molecule has 4 atom stereocenters. The molecule has 182 valence electrons. The van der Waals surface area contributed by atoms with Crippen LogP contribution in [0.2, 0.25) is 0 Å². The predicted octanol–water partition coefficient (Wildman–Crippen LogP) is 3.21. The summed E-state index contributed by atoms with van der Waals surface area (Å²) in [6, 6.07) is 9.88. The lowest BCUT2D eigenvalue weighted by molar-refractivity contribution is -0.132. The number of fused-ring (bicyclic) bond motifs is 1. The summed E-state index contributed by atoms with van der Waals surface area (Å²) < 4.78 is 19.5. The lowest BCUT2D eigenvalue weighted by Gasteiger charge is -2.41. The number of carbonyl (C=O) groups is 2. The largest absolute Gasteiger partial charge is 0.420 e. The van der Waals surface area contributed by atoms with E-state index in [9.17, 15) is 14.0 Å². The standard InChI is InChI=1S/C25H32FN5O3/c26-17-8-11-20-19(14-17)23(33)29-21(28-20)12-13-22(32)27-18-9-6-16(7-10-18)25-31-30-24(34-25)15-4-2-1-3-5-15/h1-5,16-21,28H,6-14H2,(H,27,32)(H,29,33). The molecular formula is C25H32FN5O3. The Morgan fingerprint density at radius 1 is 1.09 bits per heavy atom. The van der Waals surface area contributed by atoms with E-state index in [-0.39, 0.29) is 48.3 Å². The average Bonchev–Trinajstić information content (AvgIpc) is 3.35. The molecule has 1 aromatic carbocycles. The average molecular weight is 470 g/mol. The molecule has 1 saturated heterocycles. The van der Waals surface area contributed by atoms with Crippen LogP contribution in [0.25, 0.3) is 11.5 Å². The Balaban J connectivity index is 1.04. The molecule has 34 heavy (non-hydrogen) atoms. The van der Waals surface area contributed by atoms with Crippen molar-refractivity contribution in [1.29, 1.82) is 0 Å². The second-order valence-electron chi connectivity index (χ2n) is 9.82. The molecule has 0 radical (unpaired) electrons. The Bertz CT molecular complexity index is 991. The summed E-state index contributed by atoms with van der Waals surface area (Å²) in [6.07, 6.45) is 4.70. The number of alkyl halides is 1. The maximum absolute atomic E-state index is 13.6. The Labute approximate surface area is 198 Å². The lowest BCUT2D eigenvalue weighted by Crippen LogP contribution is -2.63. The van der Waals surface area contributed by atoms with Gasteiger partial charge in [-0.15, -0.1) is 10.2 Å². The number of benzene rings is 1. The fourth-order valence-electron chi connectivity index (χ4n) is 5.50. The van der Waals surface area contributed by atoms with Gasteiger partial charge in [0.15, 0.2) is 0 Å². The summed E-state index contributed by atoms with van der Waals surface area (Å²) in [6.45, 7) is 0. The molecule has 1 aliphatic heterocycles. The first kappa shape index (κ1) is 23.0. The fourth-order valence-corrected chi connectivity index (χ4v) is 5.50. The van der Waals surface area contributed by atoms with E-state index < -0.39 is 6.17 Å². The van der Waals surface area contributed by atoms with Crippen LogP contribution >= 0.6 is 0 Å². The smallest absolute Gasteiger partial charge is 0.247 e. The third-order valence-electron chi connectivity index (χ3n) is 7.42. The molecule has 2 aromatic rings. The van der Waals surface area contributed by atoms with Gasteiger partial charge in [0.05, 0.1) is 12.1 Å². The zero-order valence-electron chi connectivity index (χ0n) is 19.2. The van der Waals surface area contributed by atoms with Gasteiger partial charge in [0.2, 0.25) is 23.6 Å². The first-order chi connectivity index (χ1) is 16.5. The third kappa shape index (κ3) is 5.29. The van der Waals surface area contributed by atoms with Crippen LogP contribution in [-0.4, -0.2) is 46.4 Å². The first-order valence-corrected chi connectivity index (χ1v) is 12.4. The van der Waals surface area contributed by atoms with Gasteiger partial charge in [0, 0.05) is 30.0 Å². The molecule has 2 saturated carbocycles. The molecule has 0 spiro atoms. The van der Waals surface area contributed by atoms with E-state index in [4.69, 9.17) is 4.42 Å². The number of rotatable bonds is 6. The van der Waals surface area contributed by atoms with Gasteiger partial charge in [-0.1, -0.05) is 18.2 Å². The van der Waals surface area contributed by atoms with E-state index >= 15 is 0 Å². The lowest BCUT2D eigenvalue weighted by atomic mass is 9.81. The highest BCUT2D eigenvalue weighted by Gasteiger charge is 2.40. The molecule has 3 fully saturated rings. The van der Waals surface area contributed by atoms with Crippen LogP contribution in [0.4, 0.5) is 4.39 Å². The van der Waals surface area contributed by atoms with Gasteiger partial charge in [0.1, 0.15) is 6.17 Å². The van der Waals surface area contributed by atoms with Gasteiger partial charge in [0.25, 0.3) is 0 Å². The maximum Gasteiger partial charge on any atom is 0.247 e. The minimum absolute atomic E-state index is 0.00163. The van der Waals surface area contributed by atoms with E-state index in [2.05, 4.69) is 26.1 Å². The van der Waals surface area contributed by atoms with Gasteiger partial charge in [-0.05, 0) is 63.5 Å². The summed E-state index contributed by atoms with van der Waals surface area (Å²) in [5.41, 5.74) is 0.913. The second-order valence-corrected chi connectivity index (χ2v) is 9.82. The van der Waals surface area contributed by atoms with Crippen molar-refractivity contribution < 1.29 is 18.4 Å². The van der Waals surface area contributed by atoms with Gasteiger partial charge in [-0.2, -0.15) is 0 Å². The molecule has 9 heteroatoms. The van der Waals surface area contributed by atoms with Gasteiger partial charge >= 0.3 is 0 Å². The molecule has 8 nitrogen and oxygen atoms in total. The molecule has 1 aromatic heterocycles. The number of aromatic nitrogens is 2. The summed E-state index contributed by atoms with van der Waals surface area (Å²) in [4.78, 5) is 24.9. The van der Waals surface area contributed by atoms with Crippen molar-refractivity contribution in [2.24, 2.45) is 5.92 Å². The van der Waals surface area contributed by atoms with Crippen molar-refractivity contribution in [2.75, 3.05) is 0 Å². The summed E-state index contributed by atoms with van der Waals surface area (Å²) >= 11 is 0. The topological polar surface area (TPSA) is 109 Å². The predicted molar refractivity (Wildman–Crippen MR) is 123 cm³/mol. The minimum atomic E-state index is -0.892. The molecule has 2 heterocycles. The molecule has 4 unspecified atom stereocenters. The van der Waals surface area contributed by atoms with Crippen LogP contribution in [0.1, 0.15) is 69.6 Å². The Morgan fingerprint density at radius 3 is 2.68 bits per heavy atom. The van der Waals surface area contributed by atoms with E-state index in [0.29, 0.717) is 37.5 Å². The normalized spacial score (nSPS) is 31.4. The van der Waals surface area contributed by atoms with Crippen LogP contribution in [0, 0.1) is 5.92 Å². The van der Waals surface area contributed by atoms with Crippen molar-refractivity contribution in [3.63, 3.8) is 0 Å². The molecule has 3 aliphatic rings. The van der Waals surface area contributed by atoms with Crippen molar-refractivity contribution in [3.8, 4) is 11.5 Å². The molecule has 3 N–H and O–H groups in total. The SMILES string of the molecule is O=C(CCC1NC(=O)C2CC(F)CCC2N1)NC1CCC(c2nnc(-c3ccccc3)o2)CC1. The quantitative estimate of drug-likeness (QED) is 0.600. The van der Waals surface area contributed by atoms with Crippen LogP contribution in [0.15, 0.2) is 34.7 Å².